The summed E-state index contributed by atoms with van der Waals surface area (Å²) < 4.78 is 35.6. The first-order valence-corrected chi connectivity index (χ1v) is 11.7. The van der Waals surface area contributed by atoms with Crippen molar-refractivity contribution in [2.45, 2.75) is 31.3 Å². The van der Waals surface area contributed by atoms with Crippen molar-refractivity contribution in [3.8, 4) is 5.75 Å². The predicted molar refractivity (Wildman–Crippen MR) is 123 cm³/mol. The second-order valence-electron chi connectivity index (χ2n) is 7.50. The van der Waals surface area contributed by atoms with Crippen LogP contribution in [0.4, 0.5) is 0 Å². The van der Waals surface area contributed by atoms with E-state index in [9.17, 15) is 18.0 Å². The van der Waals surface area contributed by atoms with Crippen LogP contribution in [0, 0.1) is 6.92 Å². The molecule has 0 radical (unpaired) electrons. The normalized spacial score (nSPS) is 11.9. The molecule has 0 aliphatic heterocycles. The number of amides is 1. The second-order valence-corrected chi connectivity index (χ2v) is 9.05. The number of hydrogen-bond donors (Lipinski definition) is 1. The minimum atomic E-state index is -3.99. The summed E-state index contributed by atoms with van der Waals surface area (Å²) in [5.41, 5.74) is 2.33. The average Bonchev–Trinajstić information content (AvgIpc) is 2.79. The molecule has 0 spiro atoms. The van der Waals surface area contributed by atoms with Gasteiger partial charge in [0.05, 0.1) is 5.92 Å². The van der Waals surface area contributed by atoms with E-state index in [1.165, 1.54) is 31.2 Å². The number of nitrogens with one attached hydrogen (secondary N) is 1. The lowest BCUT2D eigenvalue weighted by Crippen LogP contribution is -2.31. The van der Waals surface area contributed by atoms with Gasteiger partial charge in [0.25, 0.3) is 0 Å². The molecule has 0 aliphatic carbocycles. The van der Waals surface area contributed by atoms with E-state index in [4.69, 9.17) is 8.92 Å². The van der Waals surface area contributed by atoms with E-state index in [0.29, 0.717) is 5.56 Å². The maximum Gasteiger partial charge on any atom is 0.339 e. The molecule has 8 heteroatoms. The van der Waals surface area contributed by atoms with Gasteiger partial charge in [-0.25, -0.2) is 0 Å². The summed E-state index contributed by atoms with van der Waals surface area (Å²) in [6.45, 7) is 3.37. The molecule has 172 valence electrons. The Labute approximate surface area is 193 Å². The maximum absolute atomic E-state index is 12.8. The molecule has 0 heterocycles. The van der Waals surface area contributed by atoms with Gasteiger partial charge in [-0.1, -0.05) is 60.2 Å². The Hall–Kier alpha value is -3.65. The fourth-order valence-electron chi connectivity index (χ4n) is 3.05. The highest BCUT2D eigenvalue weighted by molar-refractivity contribution is 7.87. The molecule has 1 amide bonds. The summed E-state index contributed by atoms with van der Waals surface area (Å²) in [7, 11) is -3.99. The highest BCUT2D eigenvalue weighted by atomic mass is 32.2. The van der Waals surface area contributed by atoms with E-state index in [1.807, 2.05) is 37.3 Å². The molecular weight excluding hydrogens is 442 g/mol. The molecule has 0 aromatic heterocycles. The molecule has 1 atom stereocenters. The third-order valence-electron chi connectivity index (χ3n) is 4.86. The zero-order chi connectivity index (χ0) is 23.8. The van der Waals surface area contributed by atoms with E-state index < -0.39 is 22.0 Å². The third-order valence-corrected chi connectivity index (χ3v) is 6.12. The van der Waals surface area contributed by atoms with Crippen LogP contribution in [0.2, 0.25) is 0 Å². The smallest absolute Gasteiger partial charge is 0.339 e. The van der Waals surface area contributed by atoms with Crippen molar-refractivity contribution in [3.05, 3.63) is 95.6 Å². The van der Waals surface area contributed by atoms with Crippen molar-refractivity contribution in [1.82, 2.24) is 5.32 Å². The first-order valence-electron chi connectivity index (χ1n) is 10.3. The molecule has 3 aromatic carbocycles. The first-order chi connectivity index (χ1) is 15.7. The first kappa shape index (κ1) is 24.0. The number of hydrogen-bond acceptors (Lipinski definition) is 6. The Balaban J connectivity index is 1.73. The minimum absolute atomic E-state index is 0.0465. The van der Waals surface area contributed by atoms with Crippen LogP contribution in [0.5, 0.6) is 5.75 Å². The van der Waals surface area contributed by atoms with Crippen LogP contribution in [-0.4, -0.2) is 26.8 Å². The van der Waals surface area contributed by atoms with E-state index in [2.05, 4.69) is 5.32 Å². The van der Waals surface area contributed by atoms with Crippen LogP contribution in [-0.2, 0) is 31.1 Å². The highest BCUT2D eigenvalue weighted by Gasteiger charge is 2.23. The number of rotatable bonds is 9. The largest absolute Gasteiger partial charge is 0.460 e. The van der Waals surface area contributed by atoms with Crippen molar-refractivity contribution >= 4 is 22.0 Å². The molecular formula is C25H25NO6S. The van der Waals surface area contributed by atoms with Gasteiger partial charge in [0.1, 0.15) is 17.3 Å². The van der Waals surface area contributed by atoms with E-state index in [0.717, 1.165) is 11.1 Å². The second kappa shape index (κ2) is 10.8. The molecule has 3 aromatic rings. The Kier molecular flexibility index (Phi) is 7.84. The van der Waals surface area contributed by atoms with Crippen LogP contribution < -0.4 is 9.50 Å². The predicted octanol–water partition coefficient (Wildman–Crippen LogP) is 3.73. The summed E-state index contributed by atoms with van der Waals surface area (Å²) >= 11 is 0. The zero-order valence-electron chi connectivity index (χ0n) is 18.4. The lowest BCUT2D eigenvalue weighted by Gasteiger charge is -2.17. The van der Waals surface area contributed by atoms with Gasteiger partial charge in [-0.05, 0) is 42.3 Å². The van der Waals surface area contributed by atoms with Crippen molar-refractivity contribution in [2.75, 3.05) is 6.54 Å². The number of ether oxygens (including phenoxy) is 1. The number of benzene rings is 3. The van der Waals surface area contributed by atoms with Crippen molar-refractivity contribution in [2.24, 2.45) is 0 Å². The van der Waals surface area contributed by atoms with E-state index >= 15 is 0 Å². The summed E-state index contributed by atoms with van der Waals surface area (Å²) in [5.74, 6) is -1.44. The van der Waals surface area contributed by atoms with Crippen LogP contribution in [0.25, 0.3) is 0 Å². The highest BCUT2D eigenvalue weighted by Crippen LogP contribution is 2.24. The Morgan fingerprint density at radius 1 is 0.909 bits per heavy atom. The van der Waals surface area contributed by atoms with E-state index in [1.54, 1.807) is 24.3 Å². The van der Waals surface area contributed by atoms with Crippen molar-refractivity contribution in [1.29, 1.82) is 0 Å². The van der Waals surface area contributed by atoms with Gasteiger partial charge in [-0.3, -0.25) is 9.59 Å². The zero-order valence-corrected chi connectivity index (χ0v) is 19.2. The van der Waals surface area contributed by atoms with E-state index in [-0.39, 0.29) is 29.7 Å². The summed E-state index contributed by atoms with van der Waals surface area (Å²) in [4.78, 5) is 24.2. The Morgan fingerprint density at radius 2 is 1.55 bits per heavy atom. The number of carbonyl (C=O) groups is 2. The van der Waals surface area contributed by atoms with Crippen LogP contribution in [0.1, 0.15) is 29.5 Å². The average molecular weight is 468 g/mol. The standard InChI is InChI=1S/C25H25NO6S/c1-18-8-14-23(15-9-18)33(29,30)32-22-12-10-21(11-13-22)24(16-26-19(2)27)25(28)31-17-20-6-4-3-5-7-20/h3-15,24H,16-17H2,1-2H3,(H,26,27). The number of esters is 1. The van der Waals surface area contributed by atoms with Gasteiger partial charge in [0, 0.05) is 13.5 Å². The fourth-order valence-corrected chi connectivity index (χ4v) is 3.98. The summed E-state index contributed by atoms with van der Waals surface area (Å²) in [6.07, 6.45) is 0. The van der Waals surface area contributed by atoms with Crippen molar-refractivity contribution < 1.29 is 26.9 Å². The summed E-state index contributed by atoms with van der Waals surface area (Å²) in [5, 5.41) is 2.64. The molecule has 0 saturated carbocycles. The lowest BCUT2D eigenvalue weighted by atomic mass is 9.99. The van der Waals surface area contributed by atoms with Gasteiger partial charge < -0.3 is 14.2 Å². The maximum atomic E-state index is 12.8. The molecule has 0 bridgehead atoms. The number of aryl methyl sites for hydroxylation is 1. The van der Waals surface area contributed by atoms with Gasteiger partial charge in [-0.2, -0.15) is 8.42 Å². The van der Waals surface area contributed by atoms with Gasteiger partial charge in [-0.15, -0.1) is 0 Å². The topological polar surface area (TPSA) is 98.8 Å². The minimum Gasteiger partial charge on any atom is -0.460 e. The molecule has 0 saturated heterocycles. The lowest BCUT2D eigenvalue weighted by molar-refractivity contribution is -0.146. The molecule has 0 fully saturated rings. The Bertz CT molecular complexity index is 1190. The van der Waals surface area contributed by atoms with Gasteiger partial charge in [0.15, 0.2) is 0 Å². The molecule has 7 nitrogen and oxygen atoms in total. The molecule has 3 rings (SSSR count). The molecule has 1 unspecified atom stereocenters. The van der Waals surface area contributed by atoms with Crippen molar-refractivity contribution in [3.63, 3.8) is 0 Å². The Morgan fingerprint density at radius 3 is 2.15 bits per heavy atom. The number of carbonyl (C=O) groups excluding carboxylic acids is 2. The third kappa shape index (κ3) is 6.92. The monoisotopic (exact) mass is 467 g/mol. The quantitative estimate of drug-likeness (QED) is 0.380. The molecule has 0 aliphatic rings. The SMILES string of the molecule is CC(=O)NCC(C(=O)OCc1ccccc1)c1ccc(OS(=O)(=O)c2ccc(C)cc2)cc1. The summed E-state index contributed by atoms with van der Waals surface area (Å²) in [6, 6.07) is 21.7. The van der Waals surface area contributed by atoms with Crippen LogP contribution >= 0.6 is 0 Å². The van der Waals surface area contributed by atoms with Crippen LogP contribution in [0.3, 0.4) is 0 Å². The fraction of sp³-hybridized carbons (Fsp3) is 0.200. The van der Waals surface area contributed by atoms with Gasteiger partial charge in [0.2, 0.25) is 5.91 Å². The van der Waals surface area contributed by atoms with Crippen LogP contribution in [0.15, 0.2) is 83.8 Å². The van der Waals surface area contributed by atoms with Gasteiger partial charge >= 0.3 is 16.1 Å². The molecule has 33 heavy (non-hydrogen) atoms. The molecule has 1 N–H and O–H groups in total.